The molecule has 0 rings (SSSR count). The number of hydrogen-bond acceptors (Lipinski definition) is 5. The fraction of sp³-hybridized carbons (Fsp3) is 0.931. The van der Waals surface area contributed by atoms with Crippen molar-refractivity contribution < 1.29 is 24.5 Å². The molecule has 0 saturated carbocycles. The van der Waals surface area contributed by atoms with Gasteiger partial charge in [-0.1, -0.05) is 430 Å². The van der Waals surface area contributed by atoms with Crippen molar-refractivity contribution in [2.75, 3.05) is 13.2 Å². The Hall–Kier alpha value is -1.66. The van der Waals surface area contributed by atoms with Gasteiger partial charge in [-0.05, 0) is 77.0 Å². The fourth-order valence-corrected chi connectivity index (χ4v) is 13.9. The van der Waals surface area contributed by atoms with Crippen molar-refractivity contribution in [3.05, 3.63) is 24.3 Å². The molecule has 0 aliphatic rings. The number of amides is 1. The quantitative estimate of drug-likeness (QED) is 0.0320. The molecule has 0 aromatic carbocycles. The lowest BCUT2D eigenvalue weighted by Crippen LogP contribution is -2.45. The van der Waals surface area contributed by atoms with Gasteiger partial charge in [-0.3, -0.25) is 9.59 Å². The first kappa shape index (κ1) is 91.3. The lowest BCUT2D eigenvalue weighted by molar-refractivity contribution is -0.143. The van der Waals surface area contributed by atoms with Crippen LogP contribution < -0.4 is 5.32 Å². The van der Waals surface area contributed by atoms with Crippen LogP contribution in [0.4, 0.5) is 0 Å². The van der Waals surface area contributed by atoms with Crippen LogP contribution in [0.1, 0.15) is 495 Å². The minimum absolute atomic E-state index is 0.0192. The summed E-state index contributed by atoms with van der Waals surface area (Å²) in [6.07, 6.45) is 107. The maximum absolute atomic E-state index is 12.6. The molecule has 0 aromatic rings. The number of hydrogen-bond donors (Lipinski definition) is 3. The number of aliphatic hydroxyl groups excluding tert-OH is 2. The summed E-state index contributed by atoms with van der Waals surface area (Å²) in [7, 11) is 0. The van der Waals surface area contributed by atoms with Gasteiger partial charge in [-0.25, -0.2) is 0 Å². The zero-order valence-corrected chi connectivity index (χ0v) is 63.5. The summed E-state index contributed by atoms with van der Waals surface area (Å²) in [6, 6.07) is -0.541. The standard InChI is InChI=1S/C87H169NO5/c1-3-5-7-9-11-13-15-17-19-21-23-24-25-34-37-40-44-47-51-55-59-63-67-71-75-79-85(90)84(83-89)88-86(91)80-76-72-68-64-60-56-52-48-45-41-38-35-32-30-28-26-27-29-31-33-36-39-42-46-50-54-58-62-66-70-74-78-82-93-87(92)81-77-73-69-65-61-57-53-49-43-22-20-18-16-14-12-10-8-6-4-2/h18,20,29,31,84-85,89-90H,3-17,19,21-28,30,32-83H2,1-2H3,(H,88,91)/b20-18-,31-29-. The predicted octanol–water partition coefficient (Wildman–Crippen LogP) is 28.8. The number of ether oxygens (including phenoxy) is 1. The van der Waals surface area contributed by atoms with Gasteiger partial charge < -0.3 is 20.3 Å². The monoisotopic (exact) mass is 1310 g/mol. The number of nitrogens with one attached hydrogen (secondary N) is 1. The second-order valence-electron chi connectivity index (χ2n) is 29.9. The molecule has 0 aliphatic carbocycles. The Morgan fingerprint density at radius 3 is 0.763 bits per heavy atom. The second kappa shape index (κ2) is 82.8. The van der Waals surface area contributed by atoms with Gasteiger partial charge in [0.1, 0.15) is 0 Å². The topological polar surface area (TPSA) is 95.9 Å². The van der Waals surface area contributed by atoms with E-state index in [1.807, 2.05) is 0 Å². The van der Waals surface area contributed by atoms with E-state index in [1.165, 1.54) is 424 Å². The molecule has 2 atom stereocenters. The molecule has 0 bridgehead atoms. The molecule has 0 heterocycles. The van der Waals surface area contributed by atoms with E-state index in [1.54, 1.807) is 0 Å². The van der Waals surface area contributed by atoms with Crippen molar-refractivity contribution in [3.8, 4) is 0 Å². The molecule has 0 fully saturated rings. The van der Waals surface area contributed by atoms with Crippen LogP contribution in [0.5, 0.6) is 0 Å². The third-order valence-corrected chi connectivity index (χ3v) is 20.5. The Kier molecular flexibility index (Phi) is 81.3. The summed E-state index contributed by atoms with van der Waals surface area (Å²) < 4.78 is 5.52. The van der Waals surface area contributed by atoms with Crippen molar-refractivity contribution in [1.82, 2.24) is 5.32 Å². The molecule has 0 saturated heterocycles. The van der Waals surface area contributed by atoms with E-state index in [0.717, 1.165) is 38.5 Å². The van der Waals surface area contributed by atoms with Crippen LogP contribution in [-0.4, -0.2) is 47.4 Å². The normalized spacial score (nSPS) is 12.5. The van der Waals surface area contributed by atoms with E-state index in [9.17, 15) is 19.8 Å². The van der Waals surface area contributed by atoms with Crippen LogP contribution in [0, 0.1) is 0 Å². The summed E-state index contributed by atoms with van der Waals surface area (Å²) in [4.78, 5) is 24.7. The molecule has 3 N–H and O–H groups in total. The van der Waals surface area contributed by atoms with Gasteiger partial charge in [0, 0.05) is 12.8 Å². The average molecular weight is 1310 g/mol. The Morgan fingerprint density at radius 1 is 0.290 bits per heavy atom. The molecule has 0 aliphatic heterocycles. The number of aliphatic hydroxyl groups is 2. The Labute approximate surface area is 583 Å². The van der Waals surface area contributed by atoms with Gasteiger partial charge in [-0.2, -0.15) is 0 Å². The number of esters is 1. The van der Waals surface area contributed by atoms with Gasteiger partial charge in [0.05, 0.1) is 25.4 Å². The van der Waals surface area contributed by atoms with Crippen molar-refractivity contribution in [3.63, 3.8) is 0 Å². The number of carbonyl (C=O) groups is 2. The van der Waals surface area contributed by atoms with Gasteiger partial charge >= 0.3 is 5.97 Å². The van der Waals surface area contributed by atoms with E-state index in [4.69, 9.17) is 4.74 Å². The highest BCUT2D eigenvalue weighted by Crippen LogP contribution is 2.21. The van der Waals surface area contributed by atoms with Crippen LogP contribution in [-0.2, 0) is 14.3 Å². The van der Waals surface area contributed by atoms with Gasteiger partial charge in [-0.15, -0.1) is 0 Å². The molecule has 93 heavy (non-hydrogen) atoms. The van der Waals surface area contributed by atoms with Gasteiger partial charge in [0.2, 0.25) is 5.91 Å². The molecule has 1 amide bonds. The van der Waals surface area contributed by atoms with Gasteiger partial charge in [0.25, 0.3) is 0 Å². The lowest BCUT2D eigenvalue weighted by Gasteiger charge is -2.22. The van der Waals surface area contributed by atoms with Crippen LogP contribution in [0.3, 0.4) is 0 Å². The lowest BCUT2D eigenvalue weighted by atomic mass is 10.0. The summed E-state index contributed by atoms with van der Waals surface area (Å²) in [5, 5.41) is 23.5. The molecule has 0 aromatic heterocycles. The maximum atomic E-state index is 12.6. The van der Waals surface area contributed by atoms with E-state index in [0.29, 0.717) is 25.9 Å². The molecule has 2 unspecified atom stereocenters. The van der Waals surface area contributed by atoms with E-state index >= 15 is 0 Å². The minimum atomic E-state index is -0.664. The Bertz CT molecular complexity index is 1460. The molecule has 6 heteroatoms. The van der Waals surface area contributed by atoms with Gasteiger partial charge in [0.15, 0.2) is 0 Å². The number of allylic oxidation sites excluding steroid dienone is 4. The molecular formula is C87H169NO5. The minimum Gasteiger partial charge on any atom is -0.466 e. The first-order valence-corrected chi connectivity index (χ1v) is 43.1. The molecular weight excluding hydrogens is 1140 g/mol. The molecule has 552 valence electrons. The maximum Gasteiger partial charge on any atom is 0.305 e. The first-order valence-electron chi connectivity index (χ1n) is 43.1. The Morgan fingerprint density at radius 2 is 0.505 bits per heavy atom. The highest BCUT2D eigenvalue weighted by Gasteiger charge is 2.20. The summed E-state index contributed by atoms with van der Waals surface area (Å²) in [6.45, 7) is 5.01. The van der Waals surface area contributed by atoms with Crippen LogP contribution in [0.2, 0.25) is 0 Å². The van der Waals surface area contributed by atoms with Crippen molar-refractivity contribution in [2.45, 2.75) is 508 Å². The summed E-state index contributed by atoms with van der Waals surface area (Å²) in [5.74, 6) is -0.00680. The first-order chi connectivity index (χ1) is 46.0. The zero-order chi connectivity index (χ0) is 67.0. The smallest absolute Gasteiger partial charge is 0.305 e. The summed E-state index contributed by atoms with van der Waals surface area (Å²) >= 11 is 0. The number of carbonyl (C=O) groups excluding carboxylic acids is 2. The van der Waals surface area contributed by atoms with Crippen molar-refractivity contribution >= 4 is 11.9 Å². The summed E-state index contributed by atoms with van der Waals surface area (Å²) in [5.41, 5.74) is 0. The van der Waals surface area contributed by atoms with Crippen LogP contribution in [0.15, 0.2) is 24.3 Å². The Balaban J connectivity index is 3.35. The fourth-order valence-electron chi connectivity index (χ4n) is 13.9. The number of rotatable bonds is 82. The third-order valence-electron chi connectivity index (χ3n) is 20.5. The third kappa shape index (κ3) is 79.2. The largest absolute Gasteiger partial charge is 0.466 e. The van der Waals surface area contributed by atoms with Crippen LogP contribution >= 0.6 is 0 Å². The molecule has 0 radical (unpaired) electrons. The predicted molar refractivity (Wildman–Crippen MR) is 412 cm³/mol. The SMILES string of the molecule is CCCCCCCC/C=C\CCCCCCCCCCCC(=O)OCCCCCCCCCCCCCC/C=C\CCCCCCCCCCCCCCCCCCC(=O)NC(CO)C(O)CCCCCCCCCCCCCCCCCCCCCCCCCCC. The van der Waals surface area contributed by atoms with E-state index in [2.05, 4.69) is 43.5 Å². The highest BCUT2D eigenvalue weighted by molar-refractivity contribution is 5.76. The second-order valence-corrected chi connectivity index (χ2v) is 29.9. The molecule has 6 nitrogen and oxygen atoms in total. The van der Waals surface area contributed by atoms with Crippen molar-refractivity contribution in [1.29, 1.82) is 0 Å². The average Bonchev–Trinajstić information content (AvgIpc) is 3.78. The van der Waals surface area contributed by atoms with E-state index < -0.39 is 12.1 Å². The number of unbranched alkanes of at least 4 members (excludes halogenated alkanes) is 67. The zero-order valence-electron chi connectivity index (χ0n) is 63.5. The van der Waals surface area contributed by atoms with E-state index in [-0.39, 0.29) is 18.5 Å². The van der Waals surface area contributed by atoms with Crippen LogP contribution in [0.25, 0.3) is 0 Å². The molecule has 0 spiro atoms. The highest BCUT2D eigenvalue weighted by atomic mass is 16.5. The van der Waals surface area contributed by atoms with Crippen molar-refractivity contribution in [2.24, 2.45) is 0 Å².